The van der Waals surface area contributed by atoms with E-state index in [-0.39, 0.29) is 17.9 Å². The summed E-state index contributed by atoms with van der Waals surface area (Å²) in [7, 11) is 0. The Hall–Kier alpha value is -2.10. The minimum Gasteiger partial charge on any atom is -0.506 e. The Labute approximate surface area is 99.5 Å². The first-order valence-electron chi connectivity index (χ1n) is 5.24. The zero-order valence-corrected chi connectivity index (χ0v) is 9.77. The quantitative estimate of drug-likeness (QED) is 0.285. The molecule has 0 amide bonds. The maximum absolute atomic E-state index is 11.5. The number of ether oxygens (including phenoxy) is 1. The van der Waals surface area contributed by atoms with E-state index in [9.17, 15) is 14.7 Å². The van der Waals surface area contributed by atoms with Crippen molar-refractivity contribution < 1.29 is 19.4 Å². The minimum absolute atomic E-state index is 0.150. The Morgan fingerprint density at radius 1 is 1.24 bits per heavy atom. The molecule has 0 atom stereocenters. The Morgan fingerprint density at radius 2 is 1.82 bits per heavy atom. The second kappa shape index (κ2) is 5.84. The van der Waals surface area contributed by atoms with E-state index >= 15 is 0 Å². The van der Waals surface area contributed by atoms with E-state index in [1.54, 1.807) is 37.3 Å². The topological polar surface area (TPSA) is 63.6 Å². The zero-order valence-electron chi connectivity index (χ0n) is 9.77. The molecule has 17 heavy (non-hydrogen) atoms. The Bertz CT molecular complexity index is 446. The van der Waals surface area contributed by atoms with Crippen LogP contribution in [-0.4, -0.2) is 23.5 Å². The Morgan fingerprint density at radius 3 is 2.29 bits per heavy atom. The molecule has 0 fully saturated rings. The number of aliphatic hydroxyl groups excluding tert-OH is 1. The lowest BCUT2D eigenvalue weighted by atomic mass is 10.1. The molecule has 0 aromatic heterocycles. The predicted molar refractivity (Wildman–Crippen MR) is 63.3 cm³/mol. The zero-order chi connectivity index (χ0) is 12.8. The van der Waals surface area contributed by atoms with Crippen molar-refractivity contribution in [3.8, 4) is 0 Å². The lowest BCUT2D eigenvalue weighted by Crippen LogP contribution is -2.15. The van der Waals surface area contributed by atoms with Gasteiger partial charge in [0.05, 0.1) is 6.61 Å². The number of Topliss-reactive ketones (excluding diaryl/α,β-unsaturated/α-hetero) is 1. The van der Waals surface area contributed by atoms with Gasteiger partial charge in [0, 0.05) is 5.56 Å². The molecule has 0 aliphatic heterocycles. The van der Waals surface area contributed by atoms with Crippen LogP contribution in [0.2, 0.25) is 0 Å². The van der Waals surface area contributed by atoms with E-state index in [1.165, 1.54) is 6.92 Å². The van der Waals surface area contributed by atoms with Crippen molar-refractivity contribution in [2.45, 2.75) is 13.8 Å². The van der Waals surface area contributed by atoms with Crippen molar-refractivity contribution in [2.24, 2.45) is 0 Å². The van der Waals surface area contributed by atoms with E-state index in [1.807, 2.05) is 0 Å². The van der Waals surface area contributed by atoms with E-state index in [4.69, 9.17) is 4.74 Å². The van der Waals surface area contributed by atoms with Gasteiger partial charge < -0.3 is 9.84 Å². The largest absolute Gasteiger partial charge is 0.506 e. The average Bonchev–Trinajstić information content (AvgIpc) is 2.30. The van der Waals surface area contributed by atoms with Crippen LogP contribution < -0.4 is 0 Å². The highest BCUT2D eigenvalue weighted by Gasteiger charge is 2.22. The van der Waals surface area contributed by atoms with Gasteiger partial charge in [-0.1, -0.05) is 30.3 Å². The van der Waals surface area contributed by atoms with Crippen LogP contribution in [0.1, 0.15) is 19.4 Å². The van der Waals surface area contributed by atoms with Crippen molar-refractivity contribution in [3.63, 3.8) is 0 Å². The highest BCUT2D eigenvalue weighted by molar-refractivity contribution is 6.21. The van der Waals surface area contributed by atoms with Crippen LogP contribution in [0, 0.1) is 0 Å². The molecule has 4 heteroatoms. The van der Waals surface area contributed by atoms with Crippen molar-refractivity contribution in [3.05, 3.63) is 41.5 Å². The van der Waals surface area contributed by atoms with Crippen molar-refractivity contribution in [2.75, 3.05) is 6.61 Å². The highest BCUT2D eigenvalue weighted by Crippen LogP contribution is 2.17. The third-order valence-corrected chi connectivity index (χ3v) is 2.12. The van der Waals surface area contributed by atoms with Gasteiger partial charge in [-0.05, 0) is 13.8 Å². The summed E-state index contributed by atoms with van der Waals surface area (Å²) in [6, 6.07) is 8.40. The summed E-state index contributed by atoms with van der Waals surface area (Å²) in [4.78, 5) is 22.9. The summed E-state index contributed by atoms with van der Waals surface area (Å²) in [5, 5.41) is 9.91. The molecule has 0 radical (unpaired) electrons. The Balaban J connectivity index is 3.21. The van der Waals surface area contributed by atoms with Gasteiger partial charge in [0.15, 0.2) is 5.78 Å². The van der Waals surface area contributed by atoms with Crippen LogP contribution in [0.15, 0.2) is 35.9 Å². The van der Waals surface area contributed by atoms with Gasteiger partial charge in [0.2, 0.25) is 0 Å². The first kappa shape index (κ1) is 13.0. The molecule has 4 nitrogen and oxygen atoms in total. The molecule has 0 saturated carbocycles. The molecule has 1 rings (SSSR count). The van der Waals surface area contributed by atoms with Crippen LogP contribution in [0.4, 0.5) is 0 Å². The number of carbonyl (C=O) groups excluding carboxylic acids is 2. The molecule has 1 N–H and O–H groups in total. The van der Waals surface area contributed by atoms with Gasteiger partial charge in [-0.2, -0.15) is 0 Å². The number of carbonyl (C=O) groups is 2. The first-order valence-corrected chi connectivity index (χ1v) is 5.24. The fraction of sp³-hybridized carbons (Fsp3) is 0.231. The number of rotatable bonds is 4. The van der Waals surface area contributed by atoms with Crippen LogP contribution in [0.25, 0.3) is 5.76 Å². The standard InChI is InChI=1S/C13H14O4/c1-3-17-13(16)11(9(2)14)12(15)10-7-5-4-6-8-10/h4-8,15H,3H2,1-2H3. The highest BCUT2D eigenvalue weighted by atomic mass is 16.5. The second-order valence-electron chi connectivity index (χ2n) is 3.37. The lowest BCUT2D eigenvalue weighted by molar-refractivity contribution is -0.139. The van der Waals surface area contributed by atoms with Crippen LogP contribution in [0.3, 0.4) is 0 Å². The first-order chi connectivity index (χ1) is 8.07. The monoisotopic (exact) mass is 234 g/mol. The third kappa shape index (κ3) is 3.17. The number of benzene rings is 1. The molecule has 0 heterocycles. The molecule has 0 unspecified atom stereocenters. The summed E-state index contributed by atoms with van der Waals surface area (Å²) in [5.41, 5.74) is 0.0869. The number of hydrogen-bond acceptors (Lipinski definition) is 4. The summed E-state index contributed by atoms with van der Waals surface area (Å²) in [6.45, 7) is 3.00. The maximum Gasteiger partial charge on any atom is 0.345 e. The fourth-order valence-electron chi connectivity index (χ4n) is 1.35. The normalized spacial score (nSPS) is 11.6. The van der Waals surface area contributed by atoms with Crippen molar-refractivity contribution in [1.82, 2.24) is 0 Å². The van der Waals surface area contributed by atoms with E-state index in [0.717, 1.165) is 0 Å². The minimum atomic E-state index is -0.804. The smallest absolute Gasteiger partial charge is 0.345 e. The summed E-state index contributed by atoms with van der Waals surface area (Å²) in [6.07, 6.45) is 0. The van der Waals surface area contributed by atoms with Crippen LogP contribution >= 0.6 is 0 Å². The number of hydrogen-bond donors (Lipinski definition) is 1. The molecule has 1 aromatic carbocycles. The molecule has 0 aliphatic carbocycles. The van der Waals surface area contributed by atoms with Gasteiger partial charge in [0.1, 0.15) is 11.3 Å². The molecule has 0 spiro atoms. The van der Waals surface area contributed by atoms with Gasteiger partial charge in [-0.25, -0.2) is 4.79 Å². The van der Waals surface area contributed by atoms with E-state index in [2.05, 4.69) is 0 Å². The van der Waals surface area contributed by atoms with Gasteiger partial charge >= 0.3 is 5.97 Å². The molecular formula is C13H14O4. The maximum atomic E-state index is 11.5. The van der Waals surface area contributed by atoms with E-state index in [0.29, 0.717) is 5.56 Å². The predicted octanol–water partition coefficient (Wildman–Crippen LogP) is 2.11. The molecule has 0 aliphatic rings. The molecular weight excluding hydrogens is 220 g/mol. The van der Waals surface area contributed by atoms with Gasteiger partial charge in [-0.3, -0.25) is 4.79 Å². The second-order valence-corrected chi connectivity index (χ2v) is 3.37. The van der Waals surface area contributed by atoms with Crippen molar-refractivity contribution >= 4 is 17.5 Å². The summed E-state index contributed by atoms with van der Waals surface area (Å²) < 4.78 is 4.73. The lowest BCUT2D eigenvalue weighted by Gasteiger charge is -2.07. The van der Waals surface area contributed by atoms with Crippen LogP contribution in [0.5, 0.6) is 0 Å². The molecule has 90 valence electrons. The number of aliphatic hydroxyl groups is 1. The third-order valence-electron chi connectivity index (χ3n) is 2.12. The number of ketones is 1. The van der Waals surface area contributed by atoms with Crippen molar-refractivity contribution in [1.29, 1.82) is 0 Å². The number of esters is 1. The Kier molecular flexibility index (Phi) is 4.46. The molecule has 1 aromatic rings. The fourth-order valence-corrected chi connectivity index (χ4v) is 1.35. The van der Waals surface area contributed by atoms with Gasteiger partial charge in [0.25, 0.3) is 0 Å². The molecule has 0 saturated heterocycles. The summed E-state index contributed by atoms with van der Waals surface area (Å²) >= 11 is 0. The summed E-state index contributed by atoms with van der Waals surface area (Å²) in [5.74, 6) is -1.68. The molecule has 0 bridgehead atoms. The average molecular weight is 234 g/mol. The van der Waals surface area contributed by atoms with Crippen LogP contribution in [-0.2, 0) is 14.3 Å². The van der Waals surface area contributed by atoms with E-state index < -0.39 is 11.8 Å². The van der Waals surface area contributed by atoms with Gasteiger partial charge in [-0.15, -0.1) is 0 Å². The SMILES string of the molecule is CCOC(=O)C(C(C)=O)=C(O)c1ccccc1.